The van der Waals surface area contributed by atoms with Gasteiger partial charge < -0.3 is 14.6 Å². The zero-order valence-electron chi connectivity index (χ0n) is 21.6. The van der Waals surface area contributed by atoms with Crippen molar-refractivity contribution in [2.75, 3.05) is 6.61 Å². The molecule has 2 aromatic carbocycles. The highest BCUT2D eigenvalue weighted by Crippen LogP contribution is 2.30. The third-order valence-corrected chi connectivity index (χ3v) is 5.77. The van der Waals surface area contributed by atoms with Crippen LogP contribution in [0.25, 0.3) is 6.08 Å². The van der Waals surface area contributed by atoms with Crippen LogP contribution in [0.3, 0.4) is 0 Å². The number of aryl methyl sites for hydroxylation is 4. The summed E-state index contributed by atoms with van der Waals surface area (Å²) in [6, 6.07) is 7.52. The smallest absolute Gasteiger partial charge is 0.347 e. The van der Waals surface area contributed by atoms with Gasteiger partial charge in [-0.25, -0.2) is 4.79 Å². The van der Waals surface area contributed by atoms with Crippen LogP contribution in [0.1, 0.15) is 84.6 Å². The molecule has 184 valence electrons. The minimum Gasteiger partial charge on any atom is -0.493 e. The fraction of sp³-hybridized carbons (Fsp3) is 0.448. The molecule has 0 amide bonds. The Morgan fingerprint density at radius 3 is 1.97 bits per heavy atom. The topological polar surface area (TPSA) is 72.8 Å². The maximum atomic E-state index is 12.8. The molecule has 2 rings (SSSR count). The van der Waals surface area contributed by atoms with Gasteiger partial charge in [-0.05, 0) is 106 Å². The second-order valence-corrected chi connectivity index (χ2v) is 9.45. The SMILES string of the molecule is CCCCCCOc1c(C)cc(C(=O)C=Cc2cc(C)c(OC(C)(C)C(=O)O)c(C)c2)cc1C. The highest BCUT2D eigenvalue weighted by Gasteiger charge is 2.30. The summed E-state index contributed by atoms with van der Waals surface area (Å²) in [6.07, 6.45) is 7.96. The molecule has 5 heteroatoms. The van der Waals surface area contributed by atoms with E-state index in [0.717, 1.165) is 40.0 Å². The molecule has 5 nitrogen and oxygen atoms in total. The predicted molar refractivity (Wildman–Crippen MR) is 137 cm³/mol. The van der Waals surface area contributed by atoms with E-state index in [1.807, 2.05) is 52.0 Å². The van der Waals surface area contributed by atoms with Crippen LogP contribution in [0.2, 0.25) is 0 Å². The third kappa shape index (κ3) is 7.21. The summed E-state index contributed by atoms with van der Waals surface area (Å²) in [7, 11) is 0. The molecule has 0 bridgehead atoms. The van der Waals surface area contributed by atoms with Gasteiger partial charge in [-0.1, -0.05) is 32.3 Å². The summed E-state index contributed by atoms with van der Waals surface area (Å²) >= 11 is 0. The maximum Gasteiger partial charge on any atom is 0.347 e. The summed E-state index contributed by atoms with van der Waals surface area (Å²) < 4.78 is 11.7. The fourth-order valence-corrected chi connectivity index (χ4v) is 3.83. The lowest BCUT2D eigenvalue weighted by Gasteiger charge is -2.24. The van der Waals surface area contributed by atoms with Crippen molar-refractivity contribution >= 4 is 17.8 Å². The van der Waals surface area contributed by atoms with Crippen molar-refractivity contribution in [1.82, 2.24) is 0 Å². The second kappa shape index (κ2) is 11.9. The zero-order chi connectivity index (χ0) is 25.5. The quantitative estimate of drug-likeness (QED) is 0.207. The highest BCUT2D eigenvalue weighted by molar-refractivity contribution is 6.07. The van der Waals surface area contributed by atoms with Gasteiger partial charge in [0.05, 0.1) is 6.61 Å². The lowest BCUT2D eigenvalue weighted by atomic mass is 10.0. The Labute approximate surface area is 203 Å². The molecule has 0 aliphatic rings. The minimum absolute atomic E-state index is 0.0802. The number of benzene rings is 2. The van der Waals surface area contributed by atoms with Crippen molar-refractivity contribution in [3.05, 3.63) is 63.7 Å². The lowest BCUT2D eigenvalue weighted by molar-refractivity contribution is -0.152. The van der Waals surface area contributed by atoms with Gasteiger partial charge in [0.15, 0.2) is 11.4 Å². The van der Waals surface area contributed by atoms with Crippen LogP contribution in [-0.2, 0) is 4.79 Å². The number of allylic oxidation sites excluding steroid dienone is 1. The Kier molecular flexibility index (Phi) is 9.48. The van der Waals surface area contributed by atoms with Crippen molar-refractivity contribution in [3.8, 4) is 11.5 Å². The van der Waals surface area contributed by atoms with E-state index >= 15 is 0 Å². The summed E-state index contributed by atoms with van der Waals surface area (Å²) in [5.41, 5.74) is 3.69. The third-order valence-electron chi connectivity index (χ3n) is 5.77. The van der Waals surface area contributed by atoms with Gasteiger partial charge in [0.1, 0.15) is 11.5 Å². The van der Waals surface area contributed by atoms with Gasteiger partial charge >= 0.3 is 5.97 Å². The van der Waals surface area contributed by atoms with E-state index in [9.17, 15) is 14.7 Å². The molecule has 0 aromatic heterocycles. The average molecular weight is 467 g/mol. The van der Waals surface area contributed by atoms with Crippen molar-refractivity contribution < 1.29 is 24.2 Å². The Morgan fingerprint density at radius 2 is 1.44 bits per heavy atom. The molecule has 0 saturated carbocycles. The molecule has 0 unspecified atom stereocenters. The standard InChI is InChI=1S/C29H38O5/c1-8-9-10-11-14-33-26-21(4)17-24(18-22(26)5)25(30)13-12-23-15-19(2)27(20(3)16-23)34-29(6,7)28(31)32/h12-13,15-18H,8-11,14H2,1-7H3,(H,31,32). The van der Waals surface area contributed by atoms with Gasteiger partial charge in [-0.2, -0.15) is 0 Å². The monoisotopic (exact) mass is 466 g/mol. The normalized spacial score (nSPS) is 11.6. The lowest BCUT2D eigenvalue weighted by Crippen LogP contribution is -2.38. The predicted octanol–water partition coefficient (Wildman–Crippen LogP) is 7.02. The number of ketones is 1. The van der Waals surface area contributed by atoms with Crippen molar-refractivity contribution in [2.45, 2.75) is 79.8 Å². The Bertz CT molecular complexity index is 1020. The number of rotatable bonds is 12. The number of aliphatic carboxylic acids is 1. The molecule has 0 atom stereocenters. The molecule has 0 aliphatic heterocycles. The van der Waals surface area contributed by atoms with Crippen molar-refractivity contribution in [2.24, 2.45) is 0 Å². The minimum atomic E-state index is -1.33. The van der Waals surface area contributed by atoms with Crippen LogP contribution < -0.4 is 9.47 Å². The largest absolute Gasteiger partial charge is 0.493 e. The van der Waals surface area contributed by atoms with Gasteiger partial charge in [-0.15, -0.1) is 0 Å². The van der Waals surface area contributed by atoms with E-state index in [0.29, 0.717) is 17.9 Å². The number of hydrogen-bond acceptors (Lipinski definition) is 4. The highest BCUT2D eigenvalue weighted by atomic mass is 16.5. The van der Waals surface area contributed by atoms with E-state index in [1.165, 1.54) is 33.1 Å². The number of carboxylic acid groups (broad SMARTS) is 1. The molecule has 0 spiro atoms. The Balaban J connectivity index is 2.14. The van der Waals surface area contributed by atoms with E-state index in [2.05, 4.69) is 6.92 Å². The van der Waals surface area contributed by atoms with Crippen LogP contribution in [0.15, 0.2) is 30.3 Å². The number of carbonyl (C=O) groups excluding carboxylic acids is 1. The maximum absolute atomic E-state index is 12.8. The van der Waals surface area contributed by atoms with Gasteiger partial charge in [0.25, 0.3) is 0 Å². The van der Waals surface area contributed by atoms with Crippen LogP contribution in [0, 0.1) is 27.7 Å². The van der Waals surface area contributed by atoms with Crippen molar-refractivity contribution in [3.63, 3.8) is 0 Å². The molecular formula is C29H38O5. The van der Waals surface area contributed by atoms with Crippen LogP contribution in [0.4, 0.5) is 0 Å². The average Bonchev–Trinajstić information content (AvgIpc) is 2.75. The molecular weight excluding hydrogens is 428 g/mol. The Hall–Kier alpha value is -3.08. The first kappa shape index (κ1) is 27.2. The molecule has 0 saturated heterocycles. The molecule has 0 fully saturated rings. The first-order chi connectivity index (χ1) is 16.0. The summed E-state index contributed by atoms with van der Waals surface area (Å²) in [6.45, 7) is 13.6. The molecule has 0 aliphatic carbocycles. The number of carbonyl (C=O) groups is 2. The first-order valence-electron chi connectivity index (χ1n) is 12.0. The fourth-order valence-electron chi connectivity index (χ4n) is 3.83. The number of hydrogen-bond donors (Lipinski definition) is 1. The van der Waals surface area contributed by atoms with Crippen LogP contribution >= 0.6 is 0 Å². The summed E-state index contributed by atoms with van der Waals surface area (Å²) in [5.74, 6) is 0.304. The van der Waals surface area contributed by atoms with Gasteiger partial charge in [0.2, 0.25) is 0 Å². The molecule has 0 radical (unpaired) electrons. The molecule has 2 aromatic rings. The number of unbranched alkanes of at least 4 members (excludes halogenated alkanes) is 3. The Morgan fingerprint density at radius 1 is 0.882 bits per heavy atom. The van der Waals surface area contributed by atoms with E-state index < -0.39 is 11.6 Å². The molecule has 1 N–H and O–H groups in total. The van der Waals surface area contributed by atoms with Gasteiger partial charge in [-0.3, -0.25) is 4.79 Å². The number of carboxylic acids is 1. The summed E-state index contributed by atoms with van der Waals surface area (Å²) in [5, 5.41) is 9.34. The molecule has 34 heavy (non-hydrogen) atoms. The van der Waals surface area contributed by atoms with Gasteiger partial charge in [0, 0.05) is 5.56 Å². The molecule has 0 heterocycles. The summed E-state index contributed by atoms with van der Waals surface area (Å²) in [4.78, 5) is 24.3. The first-order valence-corrected chi connectivity index (χ1v) is 12.0. The van der Waals surface area contributed by atoms with Crippen LogP contribution in [-0.4, -0.2) is 29.1 Å². The van der Waals surface area contributed by atoms with Crippen molar-refractivity contribution in [1.29, 1.82) is 0 Å². The van der Waals surface area contributed by atoms with E-state index in [1.54, 1.807) is 12.2 Å². The van der Waals surface area contributed by atoms with Crippen LogP contribution in [0.5, 0.6) is 11.5 Å². The van der Waals surface area contributed by atoms with E-state index in [4.69, 9.17) is 9.47 Å². The second-order valence-electron chi connectivity index (χ2n) is 9.45. The zero-order valence-corrected chi connectivity index (χ0v) is 21.6. The number of ether oxygens (including phenoxy) is 2. The van der Waals surface area contributed by atoms with E-state index in [-0.39, 0.29) is 5.78 Å².